The van der Waals surface area contributed by atoms with Crippen LogP contribution in [0.5, 0.6) is 0 Å². The molecule has 1 saturated carbocycles. The molecule has 0 saturated heterocycles. The largest absolute Gasteiger partial charge is 0.352 e. The molecular weight excluding hydrogens is 509 g/mol. The Balaban J connectivity index is 1.93. The lowest BCUT2D eigenvalue weighted by atomic mass is 9.95. The number of amides is 2. The number of nitrogens with one attached hydrogen (secondary N) is 1. The Bertz CT molecular complexity index is 1240. The van der Waals surface area contributed by atoms with Crippen molar-refractivity contribution in [3.8, 4) is 0 Å². The summed E-state index contributed by atoms with van der Waals surface area (Å²) in [6.45, 7) is 2.60. The highest BCUT2D eigenvalue weighted by molar-refractivity contribution is 7.92. The topological polar surface area (TPSA) is 104 Å². The second-order valence-electron chi connectivity index (χ2n) is 9.79. The molecule has 1 aliphatic carbocycles. The summed E-state index contributed by atoms with van der Waals surface area (Å²) in [6.07, 6.45) is 6.24. The third kappa shape index (κ3) is 7.86. The van der Waals surface area contributed by atoms with E-state index in [-0.39, 0.29) is 30.0 Å². The number of rotatable bonds is 11. The second kappa shape index (κ2) is 13.0. The highest BCUT2D eigenvalue weighted by atomic mass is 32.2. The van der Waals surface area contributed by atoms with Crippen LogP contribution < -0.4 is 9.62 Å². The first-order valence-corrected chi connectivity index (χ1v) is 14.8. The molecule has 2 aromatic rings. The molecule has 2 amide bonds. The Morgan fingerprint density at radius 3 is 2.29 bits per heavy atom. The highest BCUT2D eigenvalue weighted by Gasteiger charge is 2.33. The quantitative estimate of drug-likeness (QED) is 0.429. The number of carbonyl (C=O) groups excluding carboxylic acids is 3. The minimum Gasteiger partial charge on any atom is -0.352 e. The number of carbonyl (C=O) groups is 3. The van der Waals surface area contributed by atoms with Crippen LogP contribution in [-0.4, -0.2) is 55.8 Å². The molecule has 2 aromatic carbocycles. The van der Waals surface area contributed by atoms with Crippen LogP contribution in [0.2, 0.25) is 0 Å². The minimum absolute atomic E-state index is 0.000788. The number of hydrogen-bond acceptors (Lipinski definition) is 5. The molecule has 3 rings (SSSR count). The number of anilines is 1. The zero-order valence-corrected chi connectivity index (χ0v) is 23.0. The number of halogens is 1. The van der Waals surface area contributed by atoms with E-state index in [1.165, 1.54) is 48.2 Å². The summed E-state index contributed by atoms with van der Waals surface area (Å²) in [5.74, 6) is -1.55. The van der Waals surface area contributed by atoms with E-state index in [0.29, 0.717) is 17.5 Å². The molecule has 0 aromatic heterocycles. The van der Waals surface area contributed by atoms with Gasteiger partial charge in [0.2, 0.25) is 21.8 Å². The van der Waals surface area contributed by atoms with Crippen molar-refractivity contribution in [1.29, 1.82) is 0 Å². The van der Waals surface area contributed by atoms with E-state index in [0.717, 1.165) is 42.7 Å². The SMILES string of the molecule is CC[C@@H](C(=O)NC1CCCCC1)N(Cc1ccc(F)cc1)C(=O)CN(c1cccc(C(C)=O)c1)S(C)(=O)=O. The summed E-state index contributed by atoms with van der Waals surface area (Å²) in [7, 11) is -3.92. The van der Waals surface area contributed by atoms with E-state index in [9.17, 15) is 27.2 Å². The number of benzene rings is 2. The Labute approximate surface area is 224 Å². The van der Waals surface area contributed by atoms with Crippen molar-refractivity contribution in [1.82, 2.24) is 10.2 Å². The van der Waals surface area contributed by atoms with Gasteiger partial charge < -0.3 is 10.2 Å². The monoisotopic (exact) mass is 545 g/mol. The van der Waals surface area contributed by atoms with Crippen LogP contribution in [0, 0.1) is 5.82 Å². The van der Waals surface area contributed by atoms with Crippen molar-refractivity contribution in [2.75, 3.05) is 17.1 Å². The lowest BCUT2D eigenvalue weighted by molar-refractivity contribution is -0.140. The van der Waals surface area contributed by atoms with Crippen LogP contribution in [0.3, 0.4) is 0 Å². The molecule has 0 unspecified atom stereocenters. The number of Topliss-reactive ketones (excluding diaryl/α,β-unsaturated/α-hetero) is 1. The summed E-state index contributed by atoms with van der Waals surface area (Å²) in [4.78, 5) is 40.4. The molecule has 0 aliphatic heterocycles. The van der Waals surface area contributed by atoms with Crippen LogP contribution >= 0.6 is 0 Å². The summed E-state index contributed by atoms with van der Waals surface area (Å²) >= 11 is 0. The fourth-order valence-electron chi connectivity index (χ4n) is 4.74. The summed E-state index contributed by atoms with van der Waals surface area (Å²) < 4.78 is 40.0. The van der Waals surface area contributed by atoms with Gasteiger partial charge in [0.1, 0.15) is 18.4 Å². The molecule has 1 N–H and O–H groups in total. The first kappa shape index (κ1) is 29.3. The molecule has 10 heteroatoms. The van der Waals surface area contributed by atoms with Gasteiger partial charge in [0, 0.05) is 18.2 Å². The highest BCUT2D eigenvalue weighted by Crippen LogP contribution is 2.22. The van der Waals surface area contributed by atoms with Gasteiger partial charge in [-0.15, -0.1) is 0 Å². The number of hydrogen-bond donors (Lipinski definition) is 1. The molecule has 0 bridgehead atoms. The zero-order valence-electron chi connectivity index (χ0n) is 22.2. The van der Waals surface area contributed by atoms with Crippen LogP contribution in [0.25, 0.3) is 0 Å². The van der Waals surface area contributed by atoms with Crippen LogP contribution in [0.4, 0.5) is 10.1 Å². The van der Waals surface area contributed by atoms with Crippen molar-refractivity contribution in [2.24, 2.45) is 0 Å². The fraction of sp³-hybridized carbons (Fsp3) is 0.464. The van der Waals surface area contributed by atoms with Gasteiger partial charge in [0.25, 0.3) is 0 Å². The molecule has 0 spiro atoms. The summed E-state index contributed by atoms with van der Waals surface area (Å²) in [5.41, 5.74) is 1.09. The maximum absolute atomic E-state index is 13.8. The zero-order chi connectivity index (χ0) is 27.9. The molecule has 38 heavy (non-hydrogen) atoms. The average molecular weight is 546 g/mol. The normalized spacial score (nSPS) is 14.9. The van der Waals surface area contributed by atoms with Gasteiger partial charge in [-0.1, -0.05) is 50.5 Å². The summed E-state index contributed by atoms with van der Waals surface area (Å²) in [6, 6.07) is 10.9. The molecule has 8 nitrogen and oxygen atoms in total. The van der Waals surface area contributed by atoms with Gasteiger partial charge in [-0.05, 0) is 56.0 Å². The minimum atomic E-state index is -3.92. The van der Waals surface area contributed by atoms with E-state index in [2.05, 4.69) is 5.32 Å². The molecule has 206 valence electrons. The lowest BCUT2D eigenvalue weighted by Crippen LogP contribution is -2.53. The van der Waals surface area contributed by atoms with Gasteiger partial charge in [0.05, 0.1) is 11.9 Å². The standard InChI is InChI=1S/C28H36FN3O5S/c1-4-26(28(35)30-24-10-6-5-7-11-24)31(18-21-13-15-23(29)16-14-21)27(34)19-32(38(3,36)37)25-12-8-9-22(17-25)20(2)33/h8-9,12-17,24,26H,4-7,10-11,18-19H2,1-3H3,(H,30,35)/t26-/m0/s1. The second-order valence-corrected chi connectivity index (χ2v) is 11.7. The van der Waals surface area contributed by atoms with Gasteiger partial charge in [0.15, 0.2) is 5.78 Å². The first-order valence-electron chi connectivity index (χ1n) is 12.9. The summed E-state index contributed by atoms with van der Waals surface area (Å²) in [5, 5.41) is 3.07. The molecule has 0 heterocycles. The van der Waals surface area contributed by atoms with Gasteiger partial charge in [-0.3, -0.25) is 18.7 Å². The van der Waals surface area contributed by atoms with Crippen molar-refractivity contribution in [2.45, 2.75) is 71.0 Å². The van der Waals surface area contributed by atoms with Crippen molar-refractivity contribution < 1.29 is 27.2 Å². The smallest absolute Gasteiger partial charge is 0.244 e. The maximum Gasteiger partial charge on any atom is 0.244 e. The molecule has 1 fully saturated rings. The van der Waals surface area contributed by atoms with E-state index in [1.54, 1.807) is 19.1 Å². The van der Waals surface area contributed by atoms with E-state index < -0.39 is 34.3 Å². The third-order valence-electron chi connectivity index (χ3n) is 6.82. The van der Waals surface area contributed by atoms with E-state index in [1.807, 2.05) is 0 Å². The van der Waals surface area contributed by atoms with Crippen molar-refractivity contribution in [3.05, 3.63) is 65.5 Å². The Hall–Kier alpha value is -3.27. The van der Waals surface area contributed by atoms with Crippen LogP contribution in [0.1, 0.15) is 68.3 Å². The number of ketones is 1. The fourth-order valence-corrected chi connectivity index (χ4v) is 5.59. The van der Waals surface area contributed by atoms with Gasteiger partial charge in [-0.25, -0.2) is 12.8 Å². The Morgan fingerprint density at radius 1 is 1.05 bits per heavy atom. The predicted molar refractivity (Wildman–Crippen MR) is 145 cm³/mol. The van der Waals surface area contributed by atoms with Gasteiger partial charge >= 0.3 is 0 Å². The molecule has 1 aliphatic rings. The number of sulfonamides is 1. The Morgan fingerprint density at radius 2 is 1.71 bits per heavy atom. The molecule has 1 atom stereocenters. The third-order valence-corrected chi connectivity index (χ3v) is 7.96. The molecule has 0 radical (unpaired) electrons. The van der Waals surface area contributed by atoms with Crippen LogP contribution in [-0.2, 0) is 26.2 Å². The number of nitrogens with zero attached hydrogens (tertiary/aromatic N) is 2. The van der Waals surface area contributed by atoms with Crippen LogP contribution in [0.15, 0.2) is 48.5 Å². The van der Waals surface area contributed by atoms with Crippen molar-refractivity contribution in [3.63, 3.8) is 0 Å². The van der Waals surface area contributed by atoms with Gasteiger partial charge in [-0.2, -0.15) is 0 Å². The van der Waals surface area contributed by atoms with Crippen molar-refractivity contribution >= 4 is 33.3 Å². The molecular formula is C28H36FN3O5S. The maximum atomic E-state index is 13.8. The van der Waals surface area contributed by atoms with E-state index >= 15 is 0 Å². The lowest BCUT2D eigenvalue weighted by Gasteiger charge is -2.34. The first-order chi connectivity index (χ1) is 18.0. The average Bonchev–Trinajstić information content (AvgIpc) is 2.88. The van der Waals surface area contributed by atoms with E-state index in [4.69, 9.17) is 0 Å². The Kier molecular flexibility index (Phi) is 10.0. The predicted octanol–water partition coefficient (Wildman–Crippen LogP) is 4.05.